The zero-order chi connectivity index (χ0) is 25.2. The average molecular weight is 517 g/mol. The lowest BCUT2D eigenvalue weighted by Gasteiger charge is -2.55. The van der Waals surface area contributed by atoms with Crippen LogP contribution >= 0.6 is 0 Å². The van der Waals surface area contributed by atoms with Gasteiger partial charge in [0.15, 0.2) is 0 Å². The second-order valence-corrected chi connectivity index (χ2v) is 17.8. The van der Waals surface area contributed by atoms with Crippen LogP contribution in [0.3, 0.4) is 0 Å². The molecule has 1 N–H and O–H groups in total. The van der Waals surface area contributed by atoms with E-state index in [2.05, 4.69) is 48.3 Å². The summed E-state index contributed by atoms with van der Waals surface area (Å²) in [6.07, 6.45) is 9.47. The molecule has 0 aromatic heterocycles. The zero-order valence-corrected chi connectivity index (χ0v) is 22.2. The maximum absolute atomic E-state index is 12.7. The van der Waals surface area contributed by atoms with Crippen LogP contribution in [0.2, 0.25) is 19.6 Å². The van der Waals surface area contributed by atoms with Gasteiger partial charge in [-0.2, -0.15) is 21.6 Å². The predicted octanol–water partition coefficient (Wildman–Crippen LogP) is 5.92. The number of rotatable bonds is 3. The molecule has 34 heavy (non-hydrogen) atoms. The summed E-state index contributed by atoms with van der Waals surface area (Å²) in [4.78, 5) is 0. The zero-order valence-electron chi connectivity index (χ0n) is 20.3. The van der Waals surface area contributed by atoms with Gasteiger partial charge in [0.25, 0.3) is 0 Å². The molecule has 0 aliphatic heterocycles. The molecule has 9 heteroatoms. The van der Waals surface area contributed by atoms with Gasteiger partial charge < -0.3 is 9.29 Å². The molecule has 0 bridgehead atoms. The van der Waals surface area contributed by atoms with Crippen molar-refractivity contribution < 1.29 is 30.9 Å². The molecule has 4 aliphatic rings. The minimum Gasteiger partial charge on any atom is -0.381 e. The summed E-state index contributed by atoms with van der Waals surface area (Å²) in [6, 6.07) is 0. The third kappa shape index (κ3) is 4.28. The van der Waals surface area contributed by atoms with Crippen LogP contribution in [0.4, 0.5) is 13.2 Å². The van der Waals surface area contributed by atoms with E-state index in [1.165, 1.54) is 6.08 Å². The van der Waals surface area contributed by atoms with Crippen molar-refractivity contribution in [3.8, 4) is 11.5 Å². The number of halogens is 3. The highest BCUT2D eigenvalue weighted by Crippen LogP contribution is 2.65. The number of hydrogen-bond donors (Lipinski definition) is 1. The highest BCUT2D eigenvalue weighted by atomic mass is 32.2. The third-order valence-electron chi connectivity index (χ3n) is 8.72. The summed E-state index contributed by atoms with van der Waals surface area (Å²) < 4.78 is 65.5. The Bertz CT molecular complexity index is 1060. The van der Waals surface area contributed by atoms with Crippen molar-refractivity contribution >= 4 is 18.2 Å². The van der Waals surface area contributed by atoms with Gasteiger partial charge in [0.1, 0.15) is 19.4 Å². The fraction of sp³-hybridized carbons (Fsp3) is 0.760. The van der Waals surface area contributed by atoms with Crippen molar-refractivity contribution in [1.82, 2.24) is 0 Å². The van der Waals surface area contributed by atoms with E-state index in [0.717, 1.165) is 37.7 Å². The van der Waals surface area contributed by atoms with E-state index in [1.54, 1.807) is 0 Å². The Morgan fingerprint density at radius 2 is 1.88 bits per heavy atom. The standard InChI is InChI=1S/C25H35F3O4SSi/c1-5-23-12-10-20-19-9-7-18(32-33(30,31)25(26,27)28)16-17(19)6-8-21(20)22(23)11-13-24(23,29)14-15-34(2,3)4/h6,16,19-22,29H,5,7-13H2,1-4H3/t19-,20+,21+,22-,23-,24+/m0/s1. The predicted molar refractivity (Wildman–Crippen MR) is 127 cm³/mol. The van der Waals surface area contributed by atoms with Crippen LogP contribution in [-0.2, 0) is 14.3 Å². The molecule has 0 aromatic rings. The van der Waals surface area contributed by atoms with Gasteiger partial charge in [-0.1, -0.05) is 38.6 Å². The summed E-state index contributed by atoms with van der Waals surface area (Å²) in [7, 11) is -7.27. The molecule has 0 heterocycles. The van der Waals surface area contributed by atoms with Gasteiger partial charge in [-0.15, -0.1) is 5.54 Å². The lowest BCUT2D eigenvalue weighted by molar-refractivity contribution is -0.0945. The monoisotopic (exact) mass is 516 g/mol. The molecule has 4 rings (SSSR count). The van der Waals surface area contributed by atoms with E-state index in [1.807, 2.05) is 0 Å². The van der Waals surface area contributed by atoms with Crippen molar-refractivity contribution in [1.29, 1.82) is 0 Å². The maximum atomic E-state index is 12.7. The Hall–Kier alpha value is -1.24. The van der Waals surface area contributed by atoms with Gasteiger partial charge in [0, 0.05) is 11.8 Å². The molecule has 2 fully saturated rings. The number of allylic oxidation sites excluding steroid dienone is 4. The summed E-state index contributed by atoms with van der Waals surface area (Å²) in [6.45, 7) is 8.73. The van der Waals surface area contributed by atoms with Crippen LogP contribution in [-0.4, -0.2) is 32.7 Å². The minimum atomic E-state index is -5.64. The van der Waals surface area contributed by atoms with Crippen LogP contribution in [0.25, 0.3) is 0 Å². The van der Waals surface area contributed by atoms with Gasteiger partial charge >= 0.3 is 15.6 Å². The van der Waals surface area contributed by atoms with Crippen molar-refractivity contribution in [3.05, 3.63) is 23.5 Å². The molecule has 4 aliphatic carbocycles. The van der Waals surface area contributed by atoms with Crippen LogP contribution in [0.5, 0.6) is 0 Å². The van der Waals surface area contributed by atoms with Crippen molar-refractivity contribution in [2.75, 3.05) is 0 Å². The molecule has 0 amide bonds. The molecule has 0 aromatic carbocycles. The van der Waals surface area contributed by atoms with Gasteiger partial charge in [-0.25, -0.2) is 0 Å². The molecule has 190 valence electrons. The van der Waals surface area contributed by atoms with Crippen LogP contribution in [0.15, 0.2) is 23.5 Å². The first-order valence-electron chi connectivity index (χ1n) is 12.3. The molecule has 0 radical (unpaired) electrons. The quantitative estimate of drug-likeness (QED) is 0.219. The first-order chi connectivity index (χ1) is 15.6. The molecule has 0 saturated heterocycles. The fourth-order valence-corrected chi connectivity index (χ4v) is 8.31. The Labute approximate surface area is 202 Å². The van der Waals surface area contributed by atoms with E-state index < -0.39 is 29.3 Å². The first kappa shape index (κ1) is 25.8. The molecular weight excluding hydrogens is 481 g/mol. The highest BCUT2D eigenvalue weighted by molar-refractivity contribution is 7.87. The Morgan fingerprint density at radius 3 is 2.50 bits per heavy atom. The topological polar surface area (TPSA) is 63.6 Å². The van der Waals surface area contributed by atoms with Crippen LogP contribution in [0, 0.1) is 40.6 Å². The summed E-state index contributed by atoms with van der Waals surface area (Å²) in [5, 5.41) is 11.8. The maximum Gasteiger partial charge on any atom is 0.534 e. The number of hydrogen-bond acceptors (Lipinski definition) is 4. The average Bonchev–Trinajstić information content (AvgIpc) is 3.04. The second kappa shape index (κ2) is 8.41. The lowest BCUT2D eigenvalue weighted by atomic mass is 9.50. The van der Waals surface area contributed by atoms with E-state index in [-0.39, 0.29) is 23.5 Å². The fourth-order valence-electron chi connectivity index (χ4n) is 7.22. The Balaban J connectivity index is 1.59. The minimum absolute atomic E-state index is 0.131. The molecular formula is C25H35F3O4SSi. The van der Waals surface area contributed by atoms with Crippen LogP contribution in [0.1, 0.15) is 58.3 Å². The van der Waals surface area contributed by atoms with Gasteiger partial charge in [-0.3, -0.25) is 0 Å². The van der Waals surface area contributed by atoms with E-state index in [0.29, 0.717) is 30.6 Å². The summed E-state index contributed by atoms with van der Waals surface area (Å²) >= 11 is 0. The largest absolute Gasteiger partial charge is 0.534 e. The lowest BCUT2D eigenvalue weighted by Crippen LogP contribution is -2.53. The van der Waals surface area contributed by atoms with Crippen molar-refractivity contribution in [2.24, 2.45) is 29.1 Å². The molecule has 0 unspecified atom stereocenters. The van der Waals surface area contributed by atoms with Crippen LogP contribution < -0.4 is 0 Å². The molecule has 2 saturated carbocycles. The van der Waals surface area contributed by atoms with Gasteiger partial charge in [0.05, 0.1) is 0 Å². The Morgan fingerprint density at radius 1 is 1.18 bits per heavy atom. The number of aliphatic hydroxyl groups is 1. The summed E-state index contributed by atoms with van der Waals surface area (Å²) in [5.74, 6) is 4.57. The SMILES string of the molecule is CC[C@]12CC[C@H]3[C@@H](CC=C4C=C(OS(=O)(=O)C(F)(F)F)CC[C@@H]43)[C@@H]1CC[C@@]2(O)C#C[Si](C)(C)C. The molecule has 0 spiro atoms. The normalized spacial score (nSPS) is 37.9. The van der Waals surface area contributed by atoms with Crippen molar-refractivity contribution in [2.45, 2.75) is 89.0 Å². The summed E-state index contributed by atoms with van der Waals surface area (Å²) in [5.41, 5.74) is -2.28. The number of alkyl halides is 3. The van der Waals surface area contributed by atoms with Crippen molar-refractivity contribution in [3.63, 3.8) is 0 Å². The van der Waals surface area contributed by atoms with E-state index in [4.69, 9.17) is 0 Å². The smallest absolute Gasteiger partial charge is 0.381 e. The van der Waals surface area contributed by atoms with E-state index >= 15 is 0 Å². The highest BCUT2D eigenvalue weighted by Gasteiger charge is 2.63. The van der Waals surface area contributed by atoms with Gasteiger partial charge in [0.2, 0.25) is 0 Å². The second-order valence-electron chi connectivity index (χ2n) is 11.6. The molecule has 6 atom stereocenters. The Kier molecular flexibility index (Phi) is 6.39. The first-order valence-corrected chi connectivity index (χ1v) is 17.2. The third-order valence-corrected chi connectivity index (χ3v) is 10.6. The van der Waals surface area contributed by atoms with E-state index in [9.17, 15) is 26.7 Å². The van der Waals surface area contributed by atoms with Gasteiger partial charge in [-0.05, 0) is 80.3 Å². The number of fused-ring (bicyclic) bond motifs is 5. The molecule has 4 nitrogen and oxygen atoms in total.